The Morgan fingerprint density at radius 1 is 0.967 bits per heavy atom. The molecule has 164 valence electrons. The van der Waals surface area contributed by atoms with E-state index in [9.17, 15) is 13.2 Å². The highest BCUT2D eigenvalue weighted by molar-refractivity contribution is 7.89. The molecule has 0 aliphatic rings. The zero-order valence-electron chi connectivity index (χ0n) is 17.7. The minimum Gasteiger partial charge on any atom is -0.496 e. The first-order chi connectivity index (χ1) is 14.4. The summed E-state index contributed by atoms with van der Waals surface area (Å²) in [6.07, 6.45) is 0. The molecular formula is C21H28N2O6S. The summed E-state index contributed by atoms with van der Waals surface area (Å²) in [7, 11) is -0.429. The maximum absolute atomic E-state index is 12.5. The number of nitrogens with zero attached hydrogens (tertiary/aromatic N) is 1. The third-order valence-corrected chi connectivity index (χ3v) is 6.59. The van der Waals surface area contributed by atoms with Crippen LogP contribution in [-0.2, 0) is 21.4 Å². The zero-order chi connectivity index (χ0) is 22.1. The Bertz CT molecular complexity index is 918. The van der Waals surface area contributed by atoms with E-state index in [1.54, 1.807) is 46.3 Å². The number of hydrogen-bond acceptors (Lipinski definition) is 6. The molecule has 0 saturated heterocycles. The van der Waals surface area contributed by atoms with Crippen LogP contribution in [0.1, 0.15) is 19.4 Å². The van der Waals surface area contributed by atoms with Crippen molar-refractivity contribution in [3.05, 3.63) is 48.0 Å². The van der Waals surface area contributed by atoms with Crippen LogP contribution in [0.4, 0.5) is 0 Å². The van der Waals surface area contributed by atoms with Gasteiger partial charge in [-0.25, -0.2) is 8.42 Å². The third-order valence-electron chi connectivity index (χ3n) is 4.53. The van der Waals surface area contributed by atoms with Gasteiger partial charge >= 0.3 is 0 Å². The van der Waals surface area contributed by atoms with E-state index < -0.39 is 10.0 Å². The number of methoxy groups -OCH3 is 2. The van der Waals surface area contributed by atoms with Gasteiger partial charge in [0.2, 0.25) is 10.0 Å². The van der Waals surface area contributed by atoms with Gasteiger partial charge in [0.15, 0.2) is 6.61 Å². The lowest BCUT2D eigenvalue weighted by atomic mass is 10.1. The second kappa shape index (κ2) is 10.8. The molecule has 0 aliphatic carbocycles. The molecule has 2 rings (SSSR count). The molecule has 0 saturated carbocycles. The van der Waals surface area contributed by atoms with Crippen LogP contribution in [0.5, 0.6) is 17.2 Å². The second-order valence-electron chi connectivity index (χ2n) is 6.27. The number of ether oxygens (including phenoxy) is 3. The lowest BCUT2D eigenvalue weighted by Crippen LogP contribution is -2.30. The van der Waals surface area contributed by atoms with Crippen LogP contribution in [0, 0.1) is 0 Å². The van der Waals surface area contributed by atoms with Crippen molar-refractivity contribution >= 4 is 15.9 Å². The fraction of sp³-hybridized carbons (Fsp3) is 0.381. The number of carbonyl (C=O) groups is 1. The standard InChI is InChI=1S/C21H28N2O6S/c1-5-23(6-2)30(25,26)17-12-10-16(11-13-17)29-15-21(24)22-14-18-19(27-3)8-7-9-20(18)28-4/h7-13H,5-6,14-15H2,1-4H3,(H,22,24). The van der Waals surface area contributed by atoms with Gasteiger partial charge in [-0.2, -0.15) is 4.31 Å². The van der Waals surface area contributed by atoms with Crippen molar-refractivity contribution in [3.8, 4) is 17.2 Å². The van der Waals surface area contributed by atoms with Crippen molar-refractivity contribution < 1.29 is 27.4 Å². The van der Waals surface area contributed by atoms with Gasteiger partial charge in [-0.05, 0) is 36.4 Å². The van der Waals surface area contributed by atoms with Gasteiger partial charge in [0.05, 0.1) is 31.2 Å². The van der Waals surface area contributed by atoms with Crippen molar-refractivity contribution in [1.29, 1.82) is 0 Å². The number of benzene rings is 2. The quantitative estimate of drug-likeness (QED) is 0.581. The Labute approximate surface area is 177 Å². The molecule has 0 aromatic heterocycles. The number of amides is 1. The molecule has 1 amide bonds. The highest BCUT2D eigenvalue weighted by Crippen LogP contribution is 2.27. The lowest BCUT2D eigenvalue weighted by molar-refractivity contribution is -0.123. The van der Waals surface area contributed by atoms with Gasteiger partial charge in [-0.15, -0.1) is 0 Å². The smallest absolute Gasteiger partial charge is 0.258 e. The van der Waals surface area contributed by atoms with E-state index in [2.05, 4.69) is 5.32 Å². The molecule has 1 N–H and O–H groups in total. The van der Waals surface area contributed by atoms with Gasteiger partial charge in [-0.1, -0.05) is 19.9 Å². The molecule has 0 fully saturated rings. The summed E-state index contributed by atoms with van der Waals surface area (Å²) in [6.45, 7) is 4.38. The van der Waals surface area contributed by atoms with Crippen LogP contribution in [-0.4, -0.2) is 52.5 Å². The lowest BCUT2D eigenvalue weighted by Gasteiger charge is -2.18. The monoisotopic (exact) mass is 436 g/mol. The Morgan fingerprint density at radius 3 is 2.03 bits per heavy atom. The Kier molecular flexibility index (Phi) is 8.49. The van der Waals surface area contributed by atoms with E-state index in [-0.39, 0.29) is 24.0 Å². The largest absolute Gasteiger partial charge is 0.496 e. The molecule has 9 heteroatoms. The number of sulfonamides is 1. The fourth-order valence-electron chi connectivity index (χ4n) is 2.91. The first-order valence-electron chi connectivity index (χ1n) is 9.56. The van der Waals surface area contributed by atoms with E-state index in [1.165, 1.54) is 28.6 Å². The predicted molar refractivity (Wildman–Crippen MR) is 113 cm³/mol. The number of carbonyl (C=O) groups excluding carboxylic acids is 1. The number of nitrogens with one attached hydrogen (secondary N) is 1. The van der Waals surface area contributed by atoms with E-state index in [0.717, 1.165) is 5.56 Å². The summed E-state index contributed by atoms with van der Waals surface area (Å²) < 4.78 is 42.5. The van der Waals surface area contributed by atoms with E-state index in [4.69, 9.17) is 14.2 Å². The second-order valence-corrected chi connectivity index (χ2v) is 8.21. The Morgan fingerprint density at radius 2 is 1.53 bits per heavy atom. The Hall–Kier alpha value is -2.78. The van der Waals surface area contributed by atoms with Crippen LogP contribution in [0.2, 0.25) is 0 Å². The van der Waals surface area contributed by atoms with Gasteiger partial charge in [0.25, 0.3) is 5.91 Å². The highest BCUT2D eigenvalue weighted by atomic mass is 32.2. The normalized spacial score (nSPS) is 11.2. The number of rotatable bonds is 11. The third kappa shape index (κ3) is 5.64. The molecule has 0 atom stereocenters. The minimum atomic E-state index is -3.53. The van der Waals surface area contributed by atoms with Crippen molar-refractivity contribution in [2.45, 2.75) is 25.3 Å². The van der Waals surface area contributed by atoms with Crippen LogP contribution in [0.3, 0.4) is 0 Å². The average molecular weight is 437 g/mol. The molecule has 30 heavy (non-hydrogen) atoms. The van der Waals surface area contributed by atoms with Crippen LogP contribution in [0.25, 0.3) is 0 Å². The molecule has 0 radical (unpaired) electrons. The van der Waals surface area contributed by atoms with Crippen LogP contribution in [0.15, 0.2) is 47.4 Å². The van der Waals surface area contributed by atoms with Gasteiger partial charge < -0.3 is 19.5 Å². The van der Waals surface area contributed by atoms with Crippen molar-refractivity contribution in [3.63, 3.8) is 0 Å². The summed E-state index contributed by atoms with van der Waals surface area (Å²) in [5.74, 6) is 1.29. The first kappa shape index (κ1) is 23.5. The minimum absolute atomic E-state index is 0.186. The molecule has 0 unspecified atom stereocenters. The summed E-state index contributed by atoms with van der Waals surface area (Å²) in [6, 6.07) is 11.4. The molecule has 0 aliphatic heterocycles. The van der Waals surface area contributed by atoms with Crippen molar-refractivity contribution in [2.75, 3.05) is 33.9 Å². The summed E-state index contributed by atoms with van der Waals surface area (Å²) >= 11 is 0. The molecule has 0 spiro atoms. The zero-order valence-corrected chi connectivity index (χ0v) is 18.5. The van der Waals surface area contributed by atoms with E-state index >= 15 is 0 Å². The van der Waals surface area contributed by atoms with E-state index in [0.29, 0.717) is 30.3 Å². The molecule has 8 nitrogen and oxygen atoms in total. The maximum atomic E-state index is 12.5. The van der Waals surface area contributed by atoms with Crippen molar-refractivity contribution in [1.82, 2.24) is 9.62 Å². The molecule has 0 heterocycles. The Balaban J connectivity index is 1.95. The molecular weight excluding hydrogens is 408 g/mol. The molecule has 2 aromatic carbocycles. The van der Waals surface area contributed by atoms with Gasteiger partial charge in [0, 0.05) is 13.1 Å². The predicted octanol–water partition coefficient (Wildman–Crippen LogP) is 2.43. The van der Waals surface area contributed by atoms with Crippen LogP contribution < -0.4 is 19.5 Å². The molecule has 0 bridgehead atoms. The fourth-order valence-corrected chi connectivity index (χ4v) is 4.37. The summed E-state index contributed by atoms with van der Waals surface area (Å²) in [5.41, 5.74) is 0.724. The summed E-state index contributed by atoms with van der Waals surface area (Å²) in [5, 5.41) is 2.76. The topological polar surface area (TPSA) is 94.2 Å². The highest BCUT2D eigenvalue weighted by Gasteiger charge is 2.21. The van der Waals surface area contributed by atoms with Gasteiger partial charge in [0.1, 0.15) is 17.2 Å². The SMILES string of the molecule is CCN(CC)S(=O)(=O)c1ccc(OCC(=O)NCc2c(OC)cccc2OC)cc1. The summed E-state index contributed by atoms with van der Waals surface area (Å²) in [4.78, 5) is 12.3. The number of hydrogen-bond donors (Lipinski definition) is 1. The van der Waals surface area contributed by atoms with Crippen LogP contribution >= 0.6 is 0 Å². The maximum Gasteiger partial charge on any atom is 0.258 e. The van der Waals surface area contributed by atoms with Gasteiger partial charge in [-0.3, -0.25) is 4.79 Å². The first-order valence-corrected chi connectivity index (χ1v) is 11.0. The average Bonchev–Trinajstić information content (AvgIpc) is 2.76. The van der Waals surface area contributed by atoms with E-state index in [1.807, 2.05) is 0 Å². The van der Waals surface area contributed by atoms with Crippen molar-refractivity contribution in [2.24, 2.45) is 0 Å². The molecule has 2 aromatic rings.